The molecule has 0 spiro atoms. The lowest BCUT2D eigenvalue weighted by Crippen LogP contribution is -2.46. The number of amides is 1. The maximum absolute atomic E-state index is 12.0. The number of nitrogens with zero attached hydrogens (tertiary/aromatic N) is 1. The van der Waals surface area contributed by atoms with Crippen LogP contribution in [0.4, 0.5) is 0 Å². The Labute approximate surface area is 129 Å². The fourth-order valence-electron chi connectivity index (χ4n) is 2.20. The molecule has 0 unspecified atom stereocenters. The Hall–Kier alpha value is -0.580. The molecule has 0 atom stereocenters. The van der Waals surface area contributed by atoms with Crippen LogP contribution in [0.5, 0.6) is 0 Å². The molecule has 0 aromatic heterocycles. The molecule has 1 heterocycles. The highest BCUT2D eigenvalue weighted by molar-refractivity contribution is 9.10. The van der Waals surface area contributed by atoms with Crippen molar-refractivity contribution in [3.05, 3.63) is 34.3 Å². The topological polar surface area (TPSA) is 32.3 Å². The summed E-state index contributed by atoms with van der Waals surface area (Å²) in [5.74, 6) is 0.295. The molecule has 1 aliphatic rings. The summed E-state index contributed by atoms with van der Waals surface area (Å²) in [4.78, 5) is 13.9. The number of benzene rings is 1. The summed E-state index contributed by atoms with van der Waals surface area (Å²) in [6.07, 6.45) is 2.53. The van der Waals surface area contributed by atoms with Crippen molar-refractivity contribution in [2.24, 2.45) is 0 Å². The molecule has 5 heteroatoms. The Bertz CT molecular complexity index is 408. The number of hydrogen-bond donors (Lipinski definition) is 1. The molecule has 0 radical (unpaired) electrons. The molecule has 1 amide bonds. The van der Waals surface area contributed by atoms with Crippen molar-refractivity contribution in [1.82, 2.24) is 10.2 Å². The maximum atomic E-state index is 12.0. The largest absolute Gasteiger partial charge is 0.340 e. The normalized spacial score (nSPS) is 14.9. The second kappa shape index (κ2) is 8.56. The van der Waals surface area contributed by atoms with Gasteiger partial charge < -0.3 is 10.2 Å². The van der Waals surface area contributed by atoms with Crippen LogP contribution in [-0.4, -0.2) is 37.0 Å². The second-order valence-electron chi connectivity index (χ2n) is 4.58. The van der Waals surface area contributed by atoms with Gasteiger partial charge in [-0.1, -0.05) is 34.1 Å². The summed E-state index contributed by atoms with van der Waals surface area (Å²) in [6, 6.07) is 8.21. The Kier molecular flexibility index (Phi) is 7.42. The van der Waals surface area contributed by atoms with Gasteiger partial charge >= 0.3 is 0 Å². The molecule has 1 N–H and O–H groups in total. The average Bonchev–Trinajstić information content (AvgIpc) is 2.42. The van der Waals surface area contributed by atoms with Crippen molar-refractivity contribution < 1.29 is 4.79 Å². The third-order valence-electron chi connectivity index (χ3n) is 3.26. The third-order valence-corrected chi connectivity index (χ3v) is 4.04. The zero-order valence-corrected chi connectivity index (χ0v) is 13.3. The summed E-state index contributed by atoms with van der Waals surface area (Å²) in [5.41, 5.74) is 1.28. The summed E-state index contributed by atoms with van der Waals surface area (Å²) in [5, 5.41) is 3.26. The number of piperazine rings is 1. The molecule has 19 heavy (non-hydrogen) atoms. The van der Waals surface area contributed by atoms with E-state index >= 15 is 0 Å². The minimum absolute atomic E-state index is 0. The minimum Gasteiger partial charge on any atom is -0.340 e. The zero-order valence-electron chi connectivity index (χ0n) is 10.9. The quantitative estimate of drug-likeness (QED) is 0.908. The van der Waals surface area contributed by atoms with Crippen molar-refractivity contribution in [2.45, 2.75) is 19.3 Å². The molecule has 1 saturated heterocycles. The summed E-state index contributed by atoms with van der Waals surface area (Å²) >= 11 is 3.54. The van der Waals surface area contributed by atoms with Crippen molar-refractivity contribution in [3.63, 3.8) is 0 Å². The van der Waals surface area contributed by atoms with Gasteiger partial charge in [-0.3, -0.25) is 4.79 Å². The van der Waals surface area contributed by atoms with Crippen molar-refractivity contribution in [1.29, 1.82) is 0 Å². The minimum atomic E-state index is 0. The third kappa shape index (κ3) is 5.13. The second-order valence-corrected chi connectivity index (χ2v) is 5.43. The SMILES string of the molecule is Cl.O=C(CCCc1ccccc1Br)N1CCNCC1. The van der Waals surface area contributed by atoms with Gasteiger partial charge in [-0.25, -0.2) is 0 Å². The summed E-state index contributed by atoms with van der Waals surface area (Å²) < 4.78 is 1.14. The van der Waals surface area contributed by atoms with Gasteiger partial charge in [0, 0.05) is 37.1 Å². The fraction of sp³-hybridized carbons (Fsp3) is 0.500. The van der Waals surface area contributed by atoms with Crippen LogP contribution < -0.4 is 5.32 Å². The van der Waals surface area contributed by atoms with Crippen molar-refractivity contribution in [2.75, 3.05) is 26.2 Å². The fourth-order valence-corrected chi connectivity index (χ4v) is 2.69. The number of halogens is 2. The first-order valence-corrected chi connectivity index (χ1v) is 7.28. The van der Waals surface area contributed by atoms with Crippen molar-refractivity contribution >= 4 is 34.2 Å². The smallest absolute Gasteiger partial charge is 0.222 e. The van der Waals surface area contributed by atoms with Crippen LogP contribution in [0.1, 0.15) is 18.4 Å². The van der Waals surface area contributed by atoms with Crippen LogP contribution in [0.25, 0.3) is 0 Å². The lowest BCUT2D eigenvalue weighted by atomic mass is 10.1. The molecule has 0 aliphatic carbocycles. The molecule has 1 aromatic carbocycles. The standard InChI is InChI=1S/C14H19BrN2O.ClH/c15-13-6-2-1-4-12(13)5-3-7-14(18)17-10-8-16-9-11-17;/h1-2,4,6,16H,3,5,7-11H2;1H. The van der Waals surface area contributed by atoms with E-state index in [2.05, 4.69) is 27.3 Å². The molecule has 1 aromatic rings. The Morgan fingerprint density at radius 3 is 2.63 bits per heavy atom. The zero-order chi connectivity index (χ0) is 12.8. The Morgan fingerprint density at radius 1 is 1.26 bits per heavy atom. The first kappa shape index (κ1) is 16.5. The van der Waals surface area contributed by atoms with Crippen LogP contribution >= 0.6 is 28.3 Å². The lowest BCUT2D eigenvalue weighted by Gasteiger charge is -2.27. The number of aryl methyl sites for hydroxylation is 1. The maximum Gasteiger partial charge on any atom is 0.222 e. The molecular weight excluding hydrogens is 328 g/mol. The summed E-state index contributed by atoms with van der Waals surface area (Å²) in [6.45, 7) is 3.56. The molecule has 1 fully saturated rings. The number of rotatable bonds is 4. The monoisotopic (exact) mass is 346 g/mol. The van der Waals surface area contributed by atoms with E-state index in [0.717, 1.165) is 43.5 Å². The number of hydrogen-bond acceptors (Lipinski definition) is 2. The van der Waals surface area contributed by atoms with E-state index in [1.807, 2.05) is 23.1 Å². The molecule has 1 aliphatic heterocycles. The van der Waals surface area contributed by atoms with Crippen LogP contribution in [0.3, 0.4) is 0 Å². The van der Waals surface area contributed by atoms with E-state index in [9.17, 15) is 4.79 Å². The van der Waals surface area contributed by atoms with E-state index in [4.69, 9.17) is 0 Å². The number of carbonyl (C=O) groups excluding carboxylic acids is 1. The highest BCUT2D eigenvalue weighted by Crippen LogP contribution is 2.18. The number of carbonyl (C=O) groups is 1. The predicted molar refractivity (Wildman–Crippen MR) is 83.8 cm³/mol. The van der Waals surface area contributed by atoms with E-state index in [-0.39, 0.29) is 12.4 Å². The molecule has 0 saturated carbocycles. The van der Waals surface area contributed by atoms with Gasteiger partial charge in [0.05, 0.1) is 0 Å². The van der Waals surface area contributed by atoms with Crippen LogP contribution in [0.2, 0.25) is 0 Å². The highest BCUT2D eigenvalue weighted by Gasteiger charge is 2.15. The van der Waals surface area contributed by atoms with Gasteiger partial charge in [0.2, 0.25) is 5.91 Å². The molecule has 0 bridgehead atoms. The van der Waals surface area contributed by atoms with E-state index in [1.54, 1.807) is 0 Å². The van der Waals surface area contributed by atoms with Gasteiger partial charge in [0.25, 0.3) is 0 Å². The first-order chi connectivity index (χ1) is 8.77. The van der Waals surface area contributed by atoms with E-state index < -0.39 is 0 Å². The van der Waals surface area contributed by atoms with Gasteiger partial charge in [-0.15, -0.1) is 12.4 Å². The predicted octanol–water partition coefficient (Wildman–Crippen LogP) is 2.63. The Balaban J connectivity index is 0.00000180. The van der Waals surface area contributed by atoms with Gasteiger partial charge in [-0.05, 0) is 24.5 Å². The van der Waals surface area contributed by atoms with Crippen LogP contribution in [-0.2, 0) is 11.2 Å². The molecule has 3 nitrogen and oxygen atoms in total. The lowest BCUT2D eigenvalue weighted by molar-refractivity contribution is -0.131. The first-order valence-electron chi connectivity index (χ1n) is 6.49. The molecule has 2 rings (SSSR count). The summed E-state index contributed by atoms with van der Waals surface area (Å²) in [7, 11) is 0. The Morgan fingerprint density at radius 2 is 1.95 bits per heavy atom. The molecule has 106 valence electrons. The van der Waals surface area contributed by atoms with Crippen LogP contribution in [0.15, 0.2) is 28.7 Å². The van der Waals surface area contributed by atoms with Gasteiger partial charge in [0.15, 0.2) is 0 Å². The highest BCUT2D eigenvalue weighted by atomic mass is 79.9. The van der Waals surface area contributed by atoms with Gasteiger partial charge in [-0.2, -0.15) is 0 Å². The van der Waals surface area contributed by atoms with Crippen molar-refractivity contribution in [3.8, 4) is 0 Å². The van der Waals surface area contributed by atoms with Gasteiger partial charge in [0.1, 0.15) is 0 Å². The van der Waals surface area contributed by atoms with Crippen LogP contribution in [0, 0.1) is 0 Å². The van der Waals surface area contributed by atoms with E-state index in [0.29, 0.717) is 12.3 Å². The van der Waals surface area contributed by atoms with E-state index in [1.165, 1.54) is 5.56 Å². The molecular formula is C14H20BrClN2O. The average molecular weight is 348 g/mol. The number of nitrogens with one attached hydrogen (secondary N) is 1.